The van der Waals surface area contributed by atoms with Crippen LogP contribution in [-0.2, 0) is 4.79 Å². The van der Waals surface area contributed by atoms with Gasteiger partial charge in [-0.05, 0) is 32.4 Å². The van der Waals surface area contributed by atoms with Gasteiger partial charge in [0.2, 0.25) is 0 Å². The molecule has 126 valence electrons. The van der Waals surface area contributed by atoms with Crippen LogP contribution < -0.4 is 5.32 Å². The van der Waals surface area contributed by atoms with Gasteiger partial charge in [0.1, 0.15) is 0 Å². The van der Waals surface area contributed by atoms with E-state index in [4.69, 9.17) is 5.11 Å². The molecule has 0 aliphatic heterocycles. The van der Waals surface area contributed by atoms with E-state index in [1.807, 2.05) is 0 Å². The molecule has 21 heavy (non-hydrogen) atoms. The zero-order chi connectivity index (χ0) is 15.6. The molecule has 0 bridgehead atoms. The number of carboxylic acids is 1. The van der Waals surface area contributed by atoms with Gasteiger partial charge in [-0.1, -0.05) is 71.1 Å². The molecule has 0 unspecified atom stereocenters. The van der Waals surface area contributed by atoms with Gasteiger partial charge in [-0.2, -0.15) is 0 Å². The molecule has 0 rings (SSSR count). The molecule has 0 aromatic carbocycles. The minimum Gasteiger partial charge on any atom is -0.481 e. The summed E-state index contributed by atoms with van der Waals surface area (Å²) in [7, 11) is 0. The third kappa shape index (κ3) is 19.4. The van der Waals surface area contributed by atoms with Crippen LogP contribution in [0.4, 0.5) is 0 Å². The largest absolute Gasteiger partial charge is 0.481 e. The van der Waals surface area contributed by atoms with Gasteiger partial charge in [0.05, 0.1) is 0 Å². The highest BCUT2D eigenvalue weighted by Gasteiger charge is 1.97. The number of carboxylic acid groups (broad SMARTS) is 1. The molecule has 0 heterocycles. The Balaban J connectivity index is 2.95. The second kappa shape index (κ2) is 17.5. The van der Waals surface area contributed by atoms with Gasteiger partial charge in [-0.15, -0.1) is 0 Å². The summed E-state index contributed by atoms with van der Waals surface area (Å²) >= 11 is 0. The Labute approximate surface area is 131 Å². The fourth-order valence-electron chi connectivity index (χ4n) is 2.54. The van der Waals surface area contributed by atoms with Gasteiger partial charge >= 0.3 is 5.97 Å². The van der Waals surface area contributed by atoms with E-state index in [1.54, 1.807) is 0 Å². The van der Waals surface area contributed by atoms with Gasteiger partial charge in [0.25, 0.3) is 0 Å². The van der Waals surface area contributed by atoms with Gasteiger partial charge in [-0.25, -0.2) is 0 Å². The molecule has 0 radical (unpaired) electrons. The monoisotopic (exact) mass is 299 g/mol. The van der Waals surface area contributed by atoms with Crippen molar-refractivity contribution in [2.45, 2.75) is 96.8 Å². The van der Waals surface area contributed by atoms with Crippen molar-refractivity contribution in [1.82, 2.24) is 5.32 Å². The van der Waals surface area contributed by atoms with Crippen molar-refractivity contribution in [3.05, 3.63) is 0 Å². The number of rotatable bonds is 17. The summed E-state index contributed by atoms with van der Waals surface area (Å²) < 4.78 is 0. The van der Waals surface area contributed by atoms with Gasteiger partial charge < -0.3 is 10.4 Å². The summed E-state index contributed by atoms with van der Waals surface area (Å²) in [6.07, 6.45) is 16.9. The van der Waals surface area contributed by atoms with E-state index < -0.39 is 5.97 Å². The lowest BCUT2D eigenvalue weighted by Gasteiger charge is -2.04. The first-order valence-electron chi connectivity index (χ1n) is 9.20. The second-order valence-electron chi connectivity index (χ2n) is 6.14. The second-order valence-corrected chi connectivity index (χ2v) is 6.14. The van der Waals surface area contributed by atoms with E-state index in [0.717, 1.165) is 12.8 Å². The Morgan fingerprint density at radius 1 is 0.714 bits per heavy atom. The first-order chi connectivity index (χ1) is 10.3. The molecule has 3 heteroatoms. The quantitative estimate of drug-likeness (QED) is 0.365. The molecule has 2 N–H and O–H groups in total. The number of aliphatic carboxylic acids is 1. The normalized spacial score (nSPS) is 10.9. The van der Waals surface area contributed by atoms with Crippen LogP contribution in [-0.4, -0.2) is 24.2 Å². The summed E-state index contributed by atoms with van der Waals surface area (Å²) in [6.45, 7) is 4.61. The number of carbonyl (C=O) groups is 1. The van der Waals surface area contributed by atoms with Crippen molar-refractivity contribution in [3.63, 3.8) is 0 Å². The summed E-state index contributed by atoms with van der Waals surface area (Å²) in [5.41, 5.74) is 0. The predicted octanol–water partition coefficient (Wildman–Crippen LogP) is 5.14. The van der Waals surface area contributed by atoms with Crippen LogP contribution in [0.5, 0.6) is 0 Å². The first-order valence-corrected chi connectivity index (χ1v) is 9.20. The standard InChI is InChI=1S/C18H37NO2/c1-2-3-16-19-17-14-12-10-8-6-4-5-7-9-11-13-15-18(20)21/h19H,2-17H2,1H3,(H,20,21). The van der Waals surface area contributed by atoms with Gasteiger partial charge in [0, 0.05) is 6.42 Å². The SMILES string of the molecule is CCCCNCCCCCCCCCCCCCC(=O)O. The van der Waals surface area contributed by atoms with E-state index in [1.165, 1.54) is 83.7 Å². The molecule has 0 spiro atoms. The van der Waals surface area contributed by atoms with E-state index in [-0.39, 0.29) is 0 Å². The smallest absolute Gasteiger partial charge is 0.303 e. The van der Waals surface area contributed by atoms with E-state index >= 15 is 0 Å². The van der Waals surface area contributed by atoms with Gasteiger partial charge in [-0.3, -0.25) is 4.79 Å². The molecule has 3 nitrogen and oxygen atoms in total. The molecule has 0 aliphatic carbocycles. The Morgan fingerprint density at radius 2 is 1.14 bits per heavy atom. The van der Waals surface area contributed by atoms with Crippen molar-refractivity contribution in [3.8, 4) is 0 Å². The maximum atomic E-state index is 10.3. The van der Waals surface area contributed by atoms with Gasteiger partial charge in [0.15, 0.2) is 0 Å². The van der Waals surface area contributed by atoms with Crippen molar-refractivity contribution in [2.75, 3.05) is 13.1 Å². The average Bonchev–Trinajstić information content (AvgIpc) is 2.46. The highest BCUT2D eigenvalue weighted by Crippen LogP contribution is 2.11. The number of hydrogen-bond acceptors (Lipinski definition) is 2. The molecule has 0 amide bonds. The molecule has 0 aliphatic rings. The summed E-state index contributed by atoms with van der Waals surface area (Å²) in [5, 5.41) is 12.0. The third-order valence-electron chi connectivity index (χ3n) is 3.95. The molecule has 0 saturated carbocycles. The molecular formula is C18H37NO2. The summed E-state index contributed by atoms with van der Waals surface area (Å²) in [4.78, 5) is 10.3. The highest BCUT2D eigenvalue weighted by atomic mass is 16.4. The van der Waals surface area contributed by atoms with E-state index in [9.17, 15) is 4.79 Å². The lowest BCUT2D eigenvalue weighted by Crippen LogP contribution is -2.16. The zero-order valence-corrected chi connectivity index (χ0v) is 14.2. The molecular weight excluding hydrogens is 262 g/mol. The maximum Gasteiger partial charge on any atom is 0.303 e. The molecule has 0 saturated heterocycles. The Kier molecular flexibility index (Phi) is 17.0. The fraction of sp³-hybridized carbons (Fsp3) is 0.944. The van der Waals surface area contributed by atoms with Crippen molar-refractivity contribution in [2.24, 2.45) is 0 Å². The Bertz CT molecular complexity index is 219. The molecule has 0 atom stereocenters. The Hall–Kier alpha value is -0.570. The third-order valence-corrected chi connectivity index (χ3v) is 3.95. The predicted molar refractivity (Wildman–Crippen MR) is 90.8 cm³/mol. The van der Waals surface area contributed by atoms with Crippen LogP contribution in [0.1, 0.15) is 96.8 Å². The zero-order valence-electron chi connectivity index (χ0n) is 14.2. The van der Waals surface area contributed by atoms with Crippen LogP contribution >= 0.6 is 0 Å². The van der Waals surface area contributed by atoms with Crippen molar-refractivity contribution >= 4 is 5.97 Å². The van der Waals surface area contributed by atoms with E-state index in [0.29, 0.717) is 6.42 Å². The minimum atomic E-state index is -0.657. The fourth-order valence-corrected chi connectivity index (χ4v) is 2.54. The maximum absolute atomic E-state index is 10.3. The average molecular weight is 299 g/mol. The molecule has 0 fully saturated rings. The van der Waals surface area contributed by atoms with Crippen LogP contribution in [0, 0.1) is 0 Å². The number of nitrogens with one attached hydrogen (secondary N) is 1. The van der Waals surface area contributed by atoms with Crippen LogP contribution in [0.15, 0.2) is 0 Å². The minimum absolute atomic E-state index is 0.341. The van der Waals surface area contributed by atoms with Crippen LogP contribution in [0.25, 0.3) is 0 Å². The lowest BCUT2D eigenvalue weighted by atomic mass is 10.1. The summed E-state index contributed by atoms with van der Waals surface area (Å²) in [5.74, 6) is -0.657. The Morgan fingerprint density at radius 3 is 1.62 bits per heavy atom. The molecule has 0 aromatic rings. The summed E-state index contributed by atoms with van der Waals surface area (Å²) in [6, 6.07) is 0. The van der Waals surface area contributed by atoms with Crippen molar-refractivity contribution in [1.29, 1.82) is 0 Å². The first kappa shape index (κ1) is 20.4. The van der Waals surface area contributed by atoms with Crippen LogP contribution in [0.2, 0.25) is 0 Å². The lowest BCUT2D eigenvalue weighted by molar-refractivity contribution is -0.137. The number of hydrogen-bond donors (Lipinski definition) is 2. The topological polar surface area (TPSA) is 49.3 Å². The van der Waals surface area contributed by atoms with Crippen molar-refractivity contribution < 1.29 is 9.90 Å². The van der Waals surface area contributed by atoms with Crippen LogP contribution in [0.3, 0.4) is 0 Å². The highest BCUT2D eigenvalue weighted by molar-refractivity contribution is 5.66. The number of unbranched alkanes of at least 4 members (excludes halogenated alkanes) is 11. The molecule has 0 aromatic heterocycles. The van der Waals surface area contributed by atoms with E-state index in [2.05, 4.69) is 12.2 Å².